The standard InChI is InChI=1S/C16H26N4O/c1-2-6-12-11(5-1)17-15(18-12)9-21-10-16-19-13-7-3-4-8-14(13)20-16/h11-14H,1-10H2,(H,17,18)(H,19,20). The molecule has 0 spiro atoms. The Hall–Kier alpha value is -1.10. The summed E-state index contributed by atoms with van der Waals surface area (Å²) in [5.41, 5.74) is 0. The number of aliphatic imine (C=N–C) groups is 2. The normalized spacial score (nSPS) is 37.9. The lowest BCUT2D eigenvalue weighted by molar-refractivity contribution is 0.210. The van der Waals surface area contributed by atoms with Crippen LogP contribution in [0.2, 0.25) is 0 Å². The minimum atomic E-state index is 0.502. The maximum atomic E-state index is 5.83. The summed E-state index contributed by atoms with van der Waals surface area (Å²) in [7, 11) is 0. The van der Waals surface area contributed by atoms with Gasteiger partial charge in [-0.3, -0.25) is 9.98 Å². The van der Waals surface area contributed by atoms with Crippen molar-refractivity contribution in [3.05, 3.63) is 0 Å². The second-order valence-corrected chi connectivity index (χ2v) is 6.85. The molecule has 2 fully saturated rings. The van der Waals surface area contributed by atoms with Gasteiger partial charge in [-0.15, -0.1) is 0 Å². The van der Waals surface area contributed by atoms with E-state index in [1.165, 1.54) is 51.4 Å². The van der Waals surface area contributed by atoms with Crippen molar-refractivity contribution in [2.45, 2.75) is 75.5 Å². The van der Waals surface area contributed by atoms with Gasteiger partial charge in [0.25, 0.3) is 0 Å². The van der Waals surface area contributed by atoms with Gasteiger partial charge in [0.05, 0.1) is 12.1 Å². The molecule has 4 unspecified atom stereocenters. The number of ether oxygens (including phenoxy) is 1. The van der Waals surface area contributed by atoms with Crippen molar-refractivity contribution in [3.8, 4) is 0 Å². The maximum absolute atomic E-state index is 5.83. The molecule has 0 aromatic rings. The van der Waals surface area contributed by atoms with Crippen molar-refractivity contribution in [2.75, 3.05) is 13.2 Å². The number of amidine groups is 2. The van der Waals surface area contributed by atoms with E-state index in [-0.39, 0.29) is 0 Å². The highest BCUT2D eigenvalue weighted by molar-refractivity contribution is 5.88. The van der Waals surface area contributed by atoms with Gasteiger partial charge in [0.15, 0.2) is 0 Å². The Labute approximate surface area is 126 Å². The van der Waals surface area contributed by atoms with Gasteiger partial charge in [0.1, 0.15) is 24.9 Å². The van der Waals surface area contributed by atoms with Crippen LogP contribution in [-0.4, -0.2) is 49.1 Å². The van der Waals surface area contributed by atoms with Crippen LogP contribution in [0.25, 0.3) is 0 Å². The van der Waals surface area contributed by atoms with Gasteiger partial charge in [0, 0.05) is 12.1 Å². The van der Waals surface area contributed by atoms with Crippen molar-refractivity contribution in [1.29, 1.82) is 0 Å². The van der Waals surface area contributed by atoms with Gasteiger partial charge < -0.3 is 15.4 Å². The molecular weight excluding hydrogens is 264 g/mol. The Bertz CT molecular complexity index is 408. The molecule has 0 radical (unpaired) electrons. The van der Waals surface area contributed by atoms with Crippen molar-refractivity contribution >= 4 is 11.7 Å². The second kappa shape index (κ2) is 5.95. The Kier molecular flexibility index (Phi) is 3.84. The molecule has 2 aliphatic carbocycles. The predicted molar refractivity (Wildman–Crippen MR) is 84.0 cm³/mol. The van der Waals surface area contributed by atoms with Crippen molar-refractivity contribution in [1.82, 2.24) is 10.6 Å². The topological polar surface area (TPSA) is 58.0 Å². The van der Waals surface area contributed by atoms with Crippen LogP contribution in [-0.2, 0) is 4.74 Å². The van der Waals surface area contributed by atoms with E-state index in [9.17, 15) is 0 Å². The summed E-state index contributed by atoms with van der Waals surface area (Å²) in [4.78, 5) is 9.53. The summed E-state index contributed by atoms with van der Waals surface area (Å²) in [6.07, 6.45) is 10.3. The van der Waals surface area contributed by atoms with Gasteiger partial charge >= 0.3 is 0 Å². The minimum absolute atomic E-state index is 0.502. The second-order valence-electron chi connectivity index (χ2n) is 6.85. The number of rotatable bonds is 4. The van der Waals surface area contributed by atoms with Gasteiger partial charge in [-0.05, 0) is 25.7 Å². The van der Waals surface area contributed by atoms with E-state index in [4.69, 9.17) is 14.7 Å². The van der Waals surface area contributed by atoms with E-state index in [1.54, 1.807) is 0 Å². The van der Waals surface area contributed by atoms with E-state index in [0.717, 1.165) is 11.7 Å². The van der Waals surface area contributed by atoms with Gasteiger partial charge in [-0.1, -0.05) is 25.7 Å². The van der Waals surface area contributed by atoms with Crippen LogP contribution in [0, 0.1) is 0 Å². The summed E-state index contributed by atoms with van der Waals surface area (Å²) in [5, 5.41) is 7.07. The van der Waals surface area contributed by atoms with Crippen LogP contribution in [0.3, 0.4) is 0 Å². The molecule has 2 heterocycles. The average Bonchev–Trinajstić information content (AvgIpc) is 3.09. The van der Waals surface area contributed by atoms with Crippen LogP contribution >= 0.6 is 0 Å². The molecule has 5 nitrogen and oxygen atoms in total. The zero-order chi connectivity index (χ0) is 14.1. The Morgan fingerprint density at radius 3 is 1.71 bits per heavy atom. The molecule has 4 rings (SSSR count). The van der Waals surface area contributed by atoms with Gasteiger partial charge in [-0.2, -0.15) is 0 Å². The number of fused-ring (bicyclic) bond motifs is 2. The summed E-state index contributed by atoms with van der Waals surface area (Å²) in [6.45, 7) is 1.20. The Balaban J connectivity index is 1.23. The molecule has 2 N–H and O–H groups in total. The van der Waals surface area contributed by atoms with Crippen LogP contribution < -0.4 is 10.6 Å². The zero-order valence-corrected chi connectivity index (χ0v) is 12.7. The third-order valence-electron chi connectivity index (χ3n) is 5.28. The fourth-order valence-electron chi connectivity index (χ4n) is 4.17. The lowest BCUT2D eigenvalue weighted by atomic mass is 9.92. The largest absolute Gasteiger partial charge is 0.367 e. The molecule has 5 heteroatoms. The summed E-state index contributed by atoms with van der Waals surface area (Å²) in [6, 6.07) is 2.15. The molecule has 0 amide bonds. The quantitative estimate of drug-likeness (QED) is 0.827. The highest BCUT2D eigenvalue weighted by Gasteiger charge is 2.32. The molecule has 2 saturated carbocycles. The number of nitrogens with zero attached hydrogens (tertiary/aromatic N) is 2. The smallest absolute Gasteiger partial charge is 0.123 e. The summed E-state index contributed by atoms with van der Waals surface area (Å²) < 4.78 is 5.83. The van der Waals surface area contributed by atoms with Crippen molar-refractivity contribution < 1.29 is 4.74 Å². The van der Waals surface area contributed by atoms with Crippen molar-refractivity contribution in [2.24, 2.45) is 9.98 Å². The average molecular weight is 290 g/mol. The minimum Gasteiger partial charge on any atom is -0.367 e. The fraction of sp³-hybridized carbons (Fsp3) is 0.875. The van der Waals surface area contributed by atoms with Crippen LogP contribution in [0.5, 0.6) is 0 Å². The van der Waals surface area contributed by atoms with Crippen molar-refractivity contribution in [3.63, 3.8) is 0 Å². The molecule has 2 aliphatic heterocycles. The monoisotopic (exact) mass is 290 g/mol. The molecule has 4 aliphatic rings. The summed E-state index contributed by atoms with van der Waals surface area (Å²) in [5.74, 6) is 2.09. The highest BCUT2D eigenvalue weighted by atomic mass is 16.5. The molecular formula is C16H26N4O. The first kappa shape index (κ1) is 13.6. The molecule has 0 bridgehead atoms. The lowest BCUT2D eigenvalue weighted by Crippen LogP contribution is -2.39. The molecule has 21 heavy (non-hydrogen) atoms. The van der Waals surface area contributed by atoms with E-state index in [2.05, 4.69) is 10.6 Å². The van der Waals surface area contributed by atoms with Crippen LogP contribution in [0.1, 0.15) is 51.4 Å². The van der Waals surface area contributed by atoms with E-state index in [0.29, 0.717) is 37.4 Å². The highest BCUT2D eigenvalue weighted by Crippen LogP contribution is 2.25. The lowest BCUT2D eigenvalue weighted by Gasteiger charge is -2.23. The first-order chi connectivity index (χ1) is 10.4. The van der Waals surface area contributed by atoms with E-state index in [1.807, 2.05) is 0 Å². The molecule has 116 valence electrons. The molecule has 0 aromatic carbocycles. The molecule has 0 aromatic heterocycles. The Morgan fingerprint density at radius 2 is 1.24 bits per heavy atom. The zero-order valence-electron chi connectivity index (χ0n) is 12.7. The number of hydrogen-bond donors (Lipinski definition) is 2. The van der Waals surface area contributed by atoms with Crippen LogP contribution in [0.15, 0.2) is 9.98 Å². The maximum Gasteiger partial charge on any atom is 0.123 e. The predicted octanol–water partition coefficient (Wildman–Crippen LogP) is 1.63. The first-order valence-corrected chi connectivity index (χ1v) is 8.63. The molecule has 4 atom stereocenters. The molecule has 0 saturated heterocycles. The van der Waals surface area contributed by atoms with Crippen LogP contribution in [0.4, 0.5) is 0 Å². The fourth-order valence-corrected chi connectivity index (χ4v) is 4.17. The Morgan fingerprint density at radius 1 is 0.762 bits per heavy atom. The SMILES string of the molecule is C1CCC2NC(COCC3=NC4CCCCC4N3)=NC2C1. The van der Waals surface area contributed by atoms with Gasteiger partial charge in [-0.25, -0.2) is 0 Å². The van der Waals surface area contributed by atoms with E-state index < -0.39 is 0 Å². The van der Waals surface area contributed by atoms with Gasteiger partial charge in [0.2, 0.25) is 0 Å². The third-order valence-corrected chi connectivity index (χ3v) is 5.28. The van der Waals surface area contributed by atoms with E-state index >= 15 is 0 Å². The third kappa shape index (κ3) is 2.93. The number of nitrogens with one attached hydrogen (secondary N) is 2. The number of hydrogen-bond acceptors (Lipinski definition) is 5. The first-order valence-electron chi connectivity index (χ1n) is 8.63. The summed E-state index contributed by atoms with van der Waals surface area (Å²) >= 11 is 0.